The number of nitrogens with zero attached hydrogens (tertiary/aromatic N) is 2. The molecule has 120 valence electrons. The molecule has 25 heavy (non-hydrogen) atoms. The molecule has 5 nitrogen and oxygen atoms in total. The molecule has 1 aliphatic rings. The zero-order valence-corrected chi connectivity index (χ0v) is 13.1. The maximum atomic E-state index is 13.0. The first-order chi connectivity index (χ1) is 12.2. The summed E-state index contributed by atoms with van der Waals surface area (Å²) in [6.45, 7) is 0. The third-order valence-electron chi connectivity index (χ3n) is 4.57. The van der Waals surface area contributed by atoms with Crippen LogP contribution in [0.5, 0.6) is 0 Å². The molecule has 0 atom stereocenters. The summed E-state index contributed by atoms with van der Waals surface area (Å²) in [6, 6.07) is 17.3. The van der Waals surface area contributed by atoms with Gasteiger partial charge in [-0.15, -0.1) is 0 Å². The summed E-state index contributed by atoms with van der Waals surface area (Å²) in [5.74, 6) is -0.664. The van der Waals surface area contributed by atoms with Crippen LogP contribution in [0.15, 0.2) is 73.1 Å². The Labute approximate surface area is 142 Å². The average Bonchev–Trinajstić information content (AvgIpc) is 3.31. The number of rotatable bonds is 2. The van der Waals surface area contributed by atoms with Crippen LogP contribution < -0.4 is 5.01 Å². The van der Waals surface area contributed by atoms with Crippen LogP contribution in [0.4, 0.5) is 0 Å². The number of para-hydroxylation sites is 2. The van der Waals surface area contributed by atoms with Gasteiger partial charge in [-0.1, -0.05) is 36.4 Å². The number of nitrogens with one attached hydrogen (secondary N) is 1. The Bertz CT molecular complexity index is 1200. The second-order valence-corrected chi connectivity index (χ2v) is 5.98. The van der Waals surface area contributed by atoms with Gasteiger partial charge < -0.3 is 4.98 Å². The van der Waals surface area contributed by atoms with Gasteiger partial charge in [0.2, 0.25) is 0 Å². The van der Waals surface area contributed by atoms with Crippen molar-refractivity contribution in [1.29, 1.82) is 0 Å². The molecular formula is C20H13N3O2. The third kappa shape index (κ3) is 1.89. The highest BCUT2D eigenvalue weighted by Crippen LogP contribution is 2.30. The maximum absolute atomic E-state index is 13.0. The minimum absolute atomic E-state index is 0.323. The number of imide groups is 1. The number of hydrogen-bond donors (Lipinski definition) is 1. The van der Waals surface area contributed by atoms with Gasteiger partial charge in [0.05, 0.1) is 11.1 Å². The van der Waals surface area contributed by atoms with Crippen molar-refractivity contribution in [1.82, 2.24) is 9.66 Å². The summed E-state index contributed by atoms with van der Waals surface area (Å²) < 4.78 is 1.61. The van der Waals surface area contributed by atoms with Crippen LogP contribution in [0.1, 0.15) is 5.56 Å². The predicted molar refractivity (Wildman–Crippen MR) is 96.4 cm³/mol. The fraction of sp³-hybridized carbons (Fsp3) is 0. The van der Waals surface area contributed by atoms with Gasteiger partial charge in [0.25, 0.3) is 11.8 Å². The van der Waals surface area contributed by atoms with Crippen LogP contribution in [-0.2, 0) is 9.59 Å². The van der Waals surface area contributed by atoms with E-state index in [2.05, 4.69) is 4.98 Å². The van der Waals surface area contributed by atoms with Crippen LogP contribution in [0.2, 0.25) is 0 Å². The van der Waals surface area contributed by atoms with Crippen LogP contribution >= 0.6 is 0 Å². The summed E-state index contributed by atoms with van der Waals surface area (Å²) in [4.78, 5) is 28.7. The molecule has 0 bridgehead atoms. The van der Waals surface area contributed by atoms with E-state index in [1.807, 2.05) is 54.6 Å². The summed E-state index contributed by atoms with van der Waals surface area (Å²) in [6.07, 6.45) is 4.93. The number of amides is 2. The van der Waals surface area contributed by atoms with Crippen LogP contribution in [-0.4, -0.2) is 21.5 Å². The molecule has 0 saturated heterocycles. The lowest BCUT2D eigenvalue weighted by molar-refractivity contribution is -0.121. The highest BCUT2D eigenvalue weighted by Gasteiger charge is 2.34. The molecule has 4 aromatic rings. The van der Waals surface area contributed by atoms with Crippen molar-refractivity contribution in [3.8, 4) is 0 Å². The molecule has 2 amide bonds. The van der Waals surface area contributed by atoms with E-state index in [9.17, 15) is 9.59 Å². The molecule has 1 N–H and O–H groups in total. The topological polar surface area (TPSA) is 58.1 Å². The second kappa shape index (κ2) is 4.95. The van der Waals surface area contributed by atoms with Gasteiger partial charge >= 0.3 is 0 Å². The van der Waals surface area contributed by atoms with Gasteiger partial charge in [0.1, 0.15) is 0 Å². The minimum atomic E-state index is -0.341. The van der Waals surface area contributed by atoms with Crippen molar-refractivity contribution in [2.75, 3.05) is 5.01 Å². The maximum Gasteiger partial charge on any atom is 0.281 e. The molecular weight excluding hydrogens is 314 g/mol. The molecule has 0 spiro atoms. The first kappa shape index (κ1) is 13.8. The van der Waals surface area contributed by atoms with Crippen molar-refractivity contribution >= 4 is 39.2 Å². The lowest BCUT2D eigenvalue weighted by Gasteiger charge is -2.17. The second-order valence-electron chi connectivity index (χ2n) is 5.98. The quantitative estimate of drug-likeness (QED) is 0.575. The fourth-order valence-corrected chi connectivity index (χ4v) is 3.39. The number of aromatic nitrogens is 2. The molecule has 0 aliphatic carbocycles. The molecule has 5 heteroatoms. The largest absolute Gasteiger partial charge is 0.361 e. The van der Waals surface area contributed by atoms with E-state index in [0.29, 0.717) is 5.57 Å². The standard InChI is InChI=1S/C20H13N3O2/c24-19-11-15(16-12-21-17-7-3-2-6-14(16)17)20(25)23(19)22-10-9-13-5-1-4-8-18(13)22/h1-12,21H. The van der Waals surface area contributed by atoms with Gasteiger partial charge in [0.15, 0.2) is 0 Å². The molecule has 2 aromatic carbocycles. The Kier molecular flexibility index (Phi) is 2.73. The number of fused-ring (bicyclic) bond motifs is 2. The van der Waals surface area contributed by atoms with Crippen molar-refractivity contribution in [2.45, 2.75) is 0 Å². The predicted octanol–water partition coefficient (Wildman–Crippen LogP) is 3.21. The third-order valence-corrected chi connectivity index (χ3v) is 4.57. The zero-order valence-electron chi connectivity index (χ0n) is 13.1. The van der Waals surface area contributed by atoms with E-state index < -0.39 is 0 Å². The monoisotopic (exact) mass is 327 g/mol. The van der Waals surface area contributed by atoms with Crippen LogP contribution in [0.3, 0.4) is 0 Å². The molecule has 5 rings (SSSR count). The fourth-order valence-electron chi connectivity index (χ4n) is 3.39. The smallest absolute Gasteiger partial charge is 0.281 e. The van der Waals surface area contributed by atoms with Crippen LogP contribution in [0.25, 0.3) is 27.4 Å². The summed E-state index contributed by atoms with van der Waals surface area (Å²) in [5, 5.41) is 3.08. The van der Waals surface area contributed by atoms with Crippen molar-refractivity contribution in [3.05, 3.63) is 78.6 Å². The summed E-state index contributed by atoms with van der Waals surface area (Å²) in [5.41, 5.74) is 2.90. The molecule has 1 aliphatic heterocycles. The highest BCUT2D eigenvalue weighted by molar-refractivity contribution is 6.42. The van der Waals surface area contributed by atoms with Gasteiger partial charge in [-0.25, -0.2) is 0 Å². The number of aromatic amines is 1. The van der Waals surface area contributed by atoms with Crippen molar-refractivity contribution < 1.29 is 9.59 Å². The average molecular weight is 327 g/mol. The summed E-state index contributed by atoms with van der Waals surface area (Å²) >= 11 is 0. The Morgan fingerprint density at radius 2 is 1.68 bits per heavy atom. The lowest BCUT2D eigenvalue weighted by atomic mass is 10.1. The van der Waals surface area contributed by atoms with E-state index in [-0.39, 0.29) is 11.8 Å². The number of carbonyl (C=O) groups is 2. The normalized spacial score (nSPS) is 14.7. The molecule has 3 heterocycles. The van der Waals surface area contributed by atoms with E-state index in [0.717, 1.165) is 27.4 Å². The Morgan fingerprint density at radius 1 is 0.880 bits per heavy atom. The number of carbonyl (C=O) groups excluding carboxylic acids is 2. The van der Waals surface area contributed by atoms with Crippen molar-refractivity contribution in [3.63, 3.8) is 0 Å². The molecule has 0 fully saturated rings. The van der Waals surface area contributed by atoms with E-state index in [1.165, 1.54) is 11.1 Å². The van der Waals surface area contributed by atoms with Gasteiger partial charge in [-0.05, 0) is 18.2 Å². The Morgan fingerprint density at radius 3 is 2.60 bits per heavy atom. The molecule has 0 radical (unpaired) electrons. The highest BCUT2D eigenvalue weighted by atomic mass is 16.2. The molecule has 0 saturated carbocycles. The van der Waals surface area contributed by atoms with E-state index in [1.54, 1.807) is 17.1 Å². The van der Waals surface area contributed by atoms with E-state index >= 15 is 0 Å². The SMILES string of the molecule is O=C1C=C(c2c[nH]c3ccccc23)C(=O)N1n1ccc2ccccc21. The Balaban J connectivity index is 1.63. The first-order valence-corrected chi connectivity index (χ1v) is 7.97. The van der Waals surface area contributed by atoms with Crippen LogP contribution in [0, 0.1) is 0 Å². The Hall–Kier alpha value is -3.60. The zero-order chi connectivity index (χ0) is 17.0. The number of benzene rings is 2. The number of H-pyrrole nitrogens is 1. The van der Waals surface area contributed by atoms with Gasteiger partial charge in [0, 0.05) is 40.3 Å². The summed E-state index contributed by atoms with van der Waals surface area (Å²) in [7, 11) is 0. The first-order valence-electron chi connectivity index (χ1n) is 7.97. The van der Waals surface area contributed by atoms with E-state index in [4.69, 9.17) is 0 Å². The van der Waals surface area contributed by atoms with Gasteiger partial charge in [-0.2, -0.15) is 5.01 Å². The lowest BCUT2D eigenvalue weighted by Crippen LogP contribution is -2.40. The number of hydrogen-bond acceptors (Lipinski definition) is 2. The van der Waals surface area contributed by atoms with Gasteiger partial charge in [-0.3, -0.25) is 14.3 Å². The molecule has 2 aromatic heterocycles. The minimum Gasteiger partial charge on any atom is -0.361 e. The molecule has 0 unspecified atom stereocenters. The van der Waals surface area contributed by atoms with Crippen molar-refractivity contribution in [2.24, 2.45) is 0 Å².